The highest BCUT2D eigenvalue weighted by atomic mass is 32.2. The van der Waals surface area contributed by atoms with Crippen LogP contribution in [-0.2, 0) is 11.3 Å². The molecule has 0 spiro atoms. The van der Waals surface area contributed by atoms with E-state index in [1.807, 2.05) is 11.8 Å². The van der Waals surface area contributed by atoms with Gasteiger partial charge in [-0.05, 0) is 38.4 Å². The Morgan fingerprint density at radius 2 is 2.35 bits per heavy atom. The average Bonchev–Trinajstić information content (AvgIpc) is 3.04. The molecule has 20 heavy (non-hydrogen) atoms. The van der Waals surface area contributed by atoms with Crippen LogP contribution in [0.25, 0.3) is 0 Å². The number of thioether (sulfide) groups is 2. The fraction of sp³-hybridized carbons (Fsp3) is 0.769. The third-order valence-electron chi connectivity index (χ3n) is 3.81. The Morgan fingerprint density at radius 1 is 1.55 bits per heavy atom. The minimum atomic E-state index is -0.807. The van der Waals surface area contributed by atoms with Crippen LogP contribution in [0.2, 0.25) is 0 Å². The molecule has 1 saturated carbocycles. The minimum Gasteiger partial charge on any atom is -0.481 e. The maximum absolute atomic E-state index is 10.8. The molecule has 2 heterocycles. The van der Waals surface area contributed by atoms with Crippen molar-refractivity contribution in [2.45, 2.75) is 55.0 Å². The van der Waals surface area contributed by atoms with Crippen molar-refractivity contribution < 1.29 is 9.90 Å². The molecule has 1 atom stereocenters. The van der Waals surface area contributed by atoms with E-state index in [4.69, 9.17) is 5.11 Å². The van der Waals surface area contributed by atoms with Crippen LogP contribution in [-0.4, -0.2) is 42.1 Å². The third kappa shape index (κ3) is 3.14. The molecule has 3 rings (SSSR count). The van der Waals surface area contributed by atoms with E-state index in [1.54, 1.807) is 0 Å². The molecule has 0 aromatic carbocycles. The molecular formula is C13H19N3O2S2. The van der Waals surface area contributed by atoms with Crippen molar-refractivity contribution in [1.82, 2.24) is 14.8 Å². The zero-order valence-corrected chi connectivity index (χ0v) is 13.2. The molecule has 7 heteroatoms. The largest absolute Gasteiger partial charge is 0.481 e. The van der Waals surface area contributed by atoms with E-state index >= 15 is 0 Å². The molecule has 2 fully saturated rings. The summed E-state index contributed by atoms with van der Waals surface area (Å²) in [5.74, 6) is 2.06. The zero-order valence-electron chi connectivity index (χ0n) is 11.5. The lowest BCUT2D eigenvalue weighted by Gasteiger charge is -2.24. The summed E-state index contributed by atoms with van der Waals surface area (Å²) in [7, 11) is 0. The van der Waals surface area contributed by atoms with Gasteiger partial charge in [-0.2, -0.15) is 11.8 Å². The quantitative estimate of drug-likeness (QED) is 0.814. The first-order valence-electron chi connectivity index (χ1n) is 6.99. The van der Waals surface area contributed by atoms with Crippen molar-refractivity contribution in [3.8, 4) is 0 Å². The number of carboxylic acids is 1. The van der Waals surface area contributed by atoms with Gasteiger partial charge in [0.2, 0.25) is 0 Å². The summed E-state index contributed by atoms with van der Waals surface area (Å²) in [4.78, 5) is 10.8. The molecule has 110 valence electrons. The van der Waals surface area contributed by atoms with Crippen LogP contribution >= 0.6 is 23.5 Å². The van der Waals surface area contributed by atoms with Crippen molar-refractivity contribution in [2.75, 3.05) is 11.5 Å². The molecule has 1 unspecified atom stereocenters. The smallest absolute Gasteiger partial charge is 0.313 e. The van der Waals surface area contributed by atoms with Crippen molar-refractivity contribution in [3.05, 3.63) is 5.82 Å². The molecule has 5 nitrogen and oxygen atoms in total. The number of rotatable bonds is 6. The lowest BCUT2D eigenvalue weighted by Crippen LogP contribution is -2.25. The Kier molecular flexibility index (Phi) is 3.99. The van der Waals surface area contributed by atoms with Gasteiger partial charge in [-0.15, -0.1) is 10.2 Å². The molecule has 1 aromatic heterocycles. The molecule has 1 aliphatic heterocycles. The standard InChI is InChI=1S/C13H19N3O2S2/c1-13(5-2-6-20-13)8-16-11(9-3-4-9)14-15-12(16)19-7-10(17)18/h9H,2-8H2,1H3,(H,17,18). The van der Waals surface area contributed by atoms with E-state index < -0.39 is 5.97 Å². The Hall–Kier alpha value is -0.690. The predicted molar refractivity (Wildman–Crippen MR) is 80.5 cm³/mol. The van der Waals surface area contributed by atoms with Crippen LogP contribution < -0.4 is 0 Å². The van der Waals surface area contributed by atoms with Gasteiger partial charge in [-0.3, -0.25) is 4.79 Å². The van der Waals surface area contributed by atoms with Crippen LogP contribution in [0.4, 0.5) is 0 Å². The highest BCUT2D eigenvalue weighted by molar-refractivity contribution is 8.00. The van der Waals surface area contributed by atoms with Crippen LogP contribution in [0, 0.1) is 0 Å². The van der Waals surface area contributed by atoms with Crippen LogP contribution in [0.1, 0.15) is 44.3 Å². The van der Waals surface area contributed by atoms with E-state index in [0.717, 1.165) is 17.5 Å². The normalized spacial score (nSPS) is 26.1. The van der Waals surface area contributed by atoms with Crippen LogP contribution in [0.3, 0.4) is 0 Å². The topological polar surface area (TPSA) is 68.0 Å². The summed E-state index contributed by atoms with van der Waals surface area (Å²) < 4.78 is 2.42. The lowest BCUT2D eigenvalue weighted by atomic mass is 10.1. The molecule has 1 aliphatic carbocycles. The fourth-order valence-corrected chi connectivity index (χ4v) is 4.58. The molecule has 2 aliphatic rings. The zero-order chi connectivity index (χ0) is 14.2. The highest BCUT2D eigenvalue weighted by Crippen LogP contribution is 2.43. The van der Waals surface area contributed by atoms with Crippen molar-refractivity contribution in [3.63, 3.8) is 0 Å². The first-order chi connectivity index (χ1) is 9.57. The number of carboxylic acid groups (broad SMARTS) is 1. The Morgan fingerprint density at radius 3 is 2.95 bits per heavy atom. The minimum absolute atomic E-state index is 0.0483. The van der Waals surface area contributed by atoms with Crippen molar-refractivity contribution >= 4 is 29.5 Å². The van der Waals surface area contributed by atoms with E-state index in [0.29, 0.717) is 5.92 Å². The second kappa shape index (κ2) is 5.60. The third-order valence-corrected chi connectivity index (χ3v) is 6.28. The maximum atomic E-state index is 10.8. The number of hydrogen-bond donors (Lipinski definition) is 1. The van der Waals surface area contributed by atoms with Gasteiger partial charge in [0.05, 0.1) is 5.75 Å². The summed E-state index contributed by atoms with van der Waals surface area (Å²) in [6.45, 7) is 3.20. The summed E-state index contributed by atoms with van der Waals surface area (Å²) >= 11 is 3.30. The summed E-state index contributed by atoms with van der Waals surface area (Å²) in [6.07, 6.45) is 4.85. The highest BCUT2D eigenvalue weighted by Gasteiger charge is 2.35. The molecule has 1 N–H and O–H groups in total. The van der Waals surface area contributed by atoms with E-state index in [2.05, 4.69) is 21.7 Å². The van der Waals surface area contributed by atoms with E-state index in [-0.39, 0.29) is 10.5 Å². The lowest BCUT2D eigenvalue weighted by molar-refractivity contribution is -0.133. The van der Waals surface area contributed by atoms with Gasteiger partial charge < -0.3 is 9.67 Å². The summed E-state index contributed by atoms with van der Waals surface area (Å²) in [6, 6.07) is 0. The summed E-state index contributed by atoms with van der Waals surface area (Å²) in [5.41, 5.74) is 0. The van der Waals surface area contributed by atoms with Crippen molar-refractivity contribution in [1.29, 1.82) is 0 Å². The fourth-order valence-electron chi connectivity index (χ4n) is 2.62. The molecule has 1 saturated heterocycles. The molecular weight excluding hydrogens is 294 g/mol. The first kappa shape index (κ1) is 14.3. The first-order valence-corrected chi connectivity index (χ1v) is 8.96. The molecule has 1 aromatic rings. The predicted octanol–water partition coefficient (Wildman–Crippen LogP) is 2.62. The Balaban J connectivity index is 1.81. The molecule has 0 amide bonds. The van der Waals surface area contributed by atoms with E-state index in [9.17, 15) is 4.79 Å². The van der Waals surface area contributed by atoms with Crippen LogP contribution in [0.5, 0.6) is 0 Å². The van der Waals surface area contributed by atoms with Gasteiger partial charge in [0.1, 0.15) is 5.82 Å². The number of aliphatic carboxylic acids is 1. The summed E-state index contributed by atoms with van der Waals surface area (Å²) in [5, 5.41) is 18.2. The van der Waals surface area contributed by atoms with E-state index in [1.165, 1.54) is 43.2 Å². The Labute approximate surface area is 126 Å². The Bertz CT molecular complexity index is 508. The molecule has 0 radical (unpaired) electrons. The second-order valence-corrected chi connectivity index (χ2v) is 8.41. The second-order valence-electron chi connectivity index (χ2n) is 5.79. The van der Waals surface area contributed by atoms with Crippen LogP contribution in [0.15, 0.2) is 5.16 Å². The van der Waals surface area contributed by atoms with Gasteiger partial charge in [0.15, 0.2) is 5.16 Å². The van der Waals surface area contributed by atoms with Crippen molar-refractivity contribution in [2.24, 2.45) is 0 Å². The number of carbonyl (C=O) groups is 1. The van der Waals surface area contributed by atoms with Gasteiger partial charge in [-0.1, -0.05) is 11.8 Å². The van der Waals surface area contributed by atoms with Gasteiger partial charge in [0.25, 0.3) is 0 Å². The monoisotopic (exact) mass is 313 g/mol. The van der Waals surface area contributed by atoms with Gasteiger partial charge in [0, 0.05) is 17.2 Å². The number of nitrogens with zero attached hydrogens (tertiary/aromatic N) is 3. The SMILES string of the molecule is CC1(Cn2c(SCC(=O)O)nnc2C2CC2)CCCS1. The average molecular weight is 313 g/mol. The number of aromatic nitrogens is 3. The van der Waals surface area contributed by atoms with Gasteiger partial charge in [-0.25, -0.2) is 0 Å². The number of hydrogen-bond acceptors (Lipinski definition) is 5. The molecule has 0 bridgehead atoms. The maximum Gasteiger partial charge on any atom is 0.313 e. The van der Waals surface area contributed by atoms with Gasteiger partial charge >= 0.3 is 5.97 Å².